The number of esters is 3. The van der Waals surface area contributed by atoms with Crippen molar-refractivity contribution in [3.8, 4) is 0 Å². The Morgan fingerprint density at radius 1 is 0.622 bits per heavy atom. The second kappa shape index (κ2) is 18.7. The molecule has 0 aliphatic carbocycles. The van der Waals surface area contributed by atoms with Crippen LogP contribution < -0.4 is 11.1 Å². The van der Waals surface area contributed by atoms with Crippen LogP contribution in [-0.4, -0.2) is 163 Å². The quantitative estimate of drug-likeness (QED) is 0.198. The van der Waals surface area contributed by atoms with Gasteiger partial charge in [0.1, 0.15) is 16.8 Å². The van der Waals surface area contributed by atoms with Gasteiger partial charge in [-0.2, -0.15) is 0 Å². The van der Waals surface area contributed by atoms with Crippen LogP contribution in [0.1, 0.15) is 62.3 Å². The lowest BCUT2D eigenvalue weighted by Crippen LogP contribution is -2.51. The third-order valence-electron chi connectivity index (χ3n) is 6.44. The number of amides is 1. The van der Waals surface area contributed by atoms with Gasteiger partial charge in [-0.05, 0) is 62.3 Å². The molecule has 1 amide bonds. The molecular weight excluding hydrogens is 584 g/mol. The summed E-state index contributed by atoms with van der Waals surface area (Å²) in [5.74, 6) is -1.42. The van der Waals surface area contributed by atoms with E-state index in [0.29, 0.717) is 52.4 Å². The summed E-state index contributed by atoms with van der Waals surface area (Å²) < 4.78 is 16.7. The van der Waals surface area contributed by atoms with Crippen molar-refractivity contribution >= 4 is 23.8 Å². The van der Waals surface area contributed by atoms with E-state index in [1.807, 2.05) is 81.9 Å². The van der Waals surface area contributed by atoms with E-state index in [9.17, 15) is 24.3 Å². The predicted octanol–water partition coefficient (Wildman–Crippen LogP) is -0.331. The largest absolute Gasteiger partial charge is 0.459 e. The van der Waals surface area contributed by atoms with Crippen molar-refractivity contribution in [3.05, 3.63) is 0 Å². The van der Waals surface area contributed by atoms with Crippen molar-refractivity contribution in [2.24, 2.45) is 5.73 Å². The first kappa shape index (κ1) is 40.7. The van der Waals surface area contributed by atoms with Gasteiger partial charge in [-0.15, -0.1) is 0 Å². The van der Waals surface area contributed by atoms with Gasteiger partial charge in [0.05, 0.1) is 32.3 Å². The predicted molar refractivity (Wildman–Crippen MR) is 171 cm³/mol. The number of aliphatic hydroxyl groups excluding tert-OH is 1. The number of nitrogens with zero attached hydrogens (tertiary/aromatic N) is 4. The van der Waals surface area contributed by atoms with Crippen LogP contribution in [0.25, 0.3) is 0 Å². The van der Waals surface area contributed by atoms with E-state index >= 15 is 0 Å². The number of nitrogens with two attached hydrogens (primary N) is 1. The summed E-state index contributed by atoms with van der Waals surface area (Å²) in [4.78, 5) is 58.0. The average Bonchev–Trinajstić information content (AvgIpc) is 2.85. The summed E-state index contributed by atoms with van der Waals surface area (Å²) in [5.41, 5.74) is 3.48. The number of hydrogen-bond donors (Lipinski definition) is 3. The number of ether oxygens (including phenoxy) is 3. The van der Waals surface area contributed by atoms with Crippen LogP contribution in [0.15, 0.2) is 0 Å². The minimum Gasteiger partial charge on any atom is -0.459 e. The smallest absolute Gasteiger partial charge is 0.320 e. The molecule has 1 heterocycles. The first-order valence-corrected chi connectivity index (χ1v) is 15.8. The van der Waals surface area contributed by atoms with Gasteiger partial charge in [-0.25, -0.2) is 0 Å². The van der Waals surface area contributed by atoms with Crippen molar-refractivity contribution in [1.82, 2.24) is 24.9 Å². The summed E-state index contributed by atoms with van der Waals surface area (Å²) in [5, 5.41) is 13.3. The molecule has 14 nitrogen and oxygen atoms in total. The Hall–Kier alpha value is -2.36. The molecule has 1 saturated heterocycles. The molecule has 14 heteroatoms. The number of aliphatic hydroxyl groups is 1. The molecule has 1 aliphatic heterocycles. The Labute approximate surface area is 269 Å². The van der Waals surface area contributed by atoms with Crippen molar-refractivity contribution < 1.29 is 38.5 Å². The summed E-state index contributed by atoms with van der Waals surface area (Å²) in [7, 11) is 0. The fourth-order valence-electron chi connectivity index (χ4n) is 4.57. The lowest BCUT2D eigenvalue weighted by Gasteiger charge is -2.35. The molecule has 262 valence electrons. The molecule has 0 radical (unpaired) electrons. The van der Waals surface area contributed by atoms with E-state index < -0.39 is 22.9 Å². The molecule has 45 heavy (non-hydrogen) atoms. The molecule has 1 aliphatic rings. The van der Waals surface area contributed by atoms with Gasteiger partial charge < -0.3 is 30.4 Å². The molecule has 1 unspecified atom stereocenters. The molecular formula is C31H60N6O8. The SMILES string of the molecule is CC(C)(C)OC(=O)CN1CCN(CC(=O)OC(C)(C)C)CCN(CC(O)CNC(=O)CN)CCN(CC(=O)OC(C)(C)C)CC1. The zero-order valence-electron chi connectivity index (χ0n) is 29.1. The molecule has 0 spiro atoms. The average molecular weight is 645 g/mol. The monoisotopic (exact) mass is 644 g/mol. The molecule has 0 aromatic rings. The lowest BCUT2D eigenvalue weighted by atomic mass is 10.2. The fourth-order valence-corrected chi connectivity index (χ4v) is 4.57. The Balaban J connectivity index is 3.20. The highest BCUT2D eigenvalue weighted by atomic mass is 16.6. The maximum Gasteiger partial charge on any atom is 0.320 e. The third-order valence-corrected chi connectivity index (χ3v) is 6.44. The zero-order chi connectivity index (χ0) is 34.4. The van der Waals surface area contributed by atoms with E-state index in [1.54, 1.807) is 0 Å². The highest BCUT2D eigenvalue weighted by molar-refractivity contribution is 5.77. The minimum absolute atomic E-state index is 0.0510. The number of carbonyl (C=O) groups excluding carboxylic acids is 4. The summed E-state index contributed by atoms with van der Waals surface area (Å²) in [6.45, 7) is 20.5. The molecule has 4 N–H and O–H groups in total. The van der Waals surface area contributed by atoms with Crippen molar-refractivity contribution in [3.63, 3.8) is 0 Å². The van der Waals surface area contributed by atoms with Crippen LogP contribution in [0, 0.1) is 0 Å². The third kappa shape index (κ3) is 21.1. The van der Waals surface area contributed by atoms with E-state index in [-0.39, 0.29) is 63.1 Å². The zero-order valence-corrected chi connectivity index (χ0v) is 29.1. The van der Waals surface area contributed by atoms with Gasteiger partial charge in [0, 0.05) is 65.4 Å². The van der Waals surface area contributed by atoms with Gasteiger partial charge in [0.2, 0.25) is 5.91 Å². The van der Waals surface area contributed by atoms with Crippen LogP contribution in [-0.2, 0) is 33.4 Å². The molecule has 1 atom stereocenters. The Kier molecular flexibility index (Phi) is 16.9. The molecule has 1 fully saturated rings. The van der Waals surface area contributed by atoms with Crippen LogP contribution in [0.2, 0.25) is 0 Å². The molecule has 1 rings (SSSR count). The maximum absolute atomic E-state index is 12.8. The number of carbonyl (C=O) groups is 4. The number of β-amino-alcohol motifs (C(OH)–C–C–N with tert-alkyl or cyclic N) is 1. The Morgan fingerprint density at radius 2 is 0.911 bits per heavy atom. The lowest BCUT2D eigenvalue weighted by molar-refractivity contribution is -0.158. The van der Waals surface area contributed by atoms with Crippen molar-refractivity contribution in [2.45, 2.75) is 85.2 Å². The Bertz CT molecular complexity index is 898. The van der Waals surface area contributed by atoms with Gasteiger partial charge in [0.25, 0.3) is 0 Å². The van der Waals surface area contributed by atoms with E-state index in [2.05, 4.69) is 5.32 Å². The second-order valence-corrected chi connectivity index (χ2v) is 14.6. The van der Waals surface area contributed by atoms with Gasteiger partial charge >= 0.3 is 17.9 Å². The summed E-state index contributed by atoms with van der Waals surface area (Å²) in [6, 6.07) is 0. The molecule has 0 saturated carbocycles. The van der Waals surface area contributed by atoms with Crippen LogP contribution in [0.4, 0.5) is 0 Å². The number of rotatable bonds is 11. The van der Waals surface area contributed by atoms with Gasteiger partial charge in [0.15, 0.2) is 0 Å². The van der Waals surface area contributed by atoms with E-state index in [4.69, 9.17) is 19.9 Å². The first-order chi connectivity index (χ1) is 20.6. The van der Waals surface area contributed by atoms with Crippen LogP contribution >= 0.6 is 0 Å². The topological polar surface area (TPSA) is 167 Å². The van der Waals surface area contributed by atoms with Gasteiger partial charge in [-0.1, -0.05) is 0 Å². The van der Waals surface area contributed by atoms with Crippen molar-refractivity contribution in [1.29, 1.82) is 0 Å². The standard InChI is InChI=1S/C31H60N6O8/c1-29(2,3)43-26(40)21-35-12-10-34(20-24(38)19-33-25(39)18-32)11-13-36(22-27(41)44-30(4,5)6)15-17-37(16-14-35)23-28(42)45-31(7,8)9/h24,38H,10-23,32H2,1-9H3,(H,33,39). The molecule has 0 aromatic carbocycles. The summed E-state index contributed by atoms with van der Waals surface area (Å²) >= 11 is 0. The van der Waals surface area contributed by atoms with Crippen molar-refractivity contribution in [2.75, 3.05) is 91.6 Å². The van der Waals surface area contributed by atoms with Crippen LogP contribution in [0.5, 0.6) is 0 Å². The fraction of sp³-hybridized carbons (Fsp3) is 0.871. The van der Waals surface area contributed by atoms with E-state index in [0.717, 1.165) is 0 Å². The molecule has 0 aromatic heterocycles. The summed E-state index contributed by atoms with van der Waals surface area (Å²) in [6.07, 6.45) is -0.851. The number of hydrogen-bond acceptors (Lipinski definition) is 13. The highest BCUT2D eigenvalue weighted by Gasteiger charge is 2.26. The highest BCUT2D eigenvalue weighted by Crippen LogP contribution is 2.11. The van der Waals surface area contributed by atoms with Crippen LogP contribution in [0.3, 0.4) is 0 Å². The first-order valence-electron chi connectivity index (χ1n) is 15.8. The van der Waals surface area contributed by atoms with E-state index in [1.165, 1.54) is 0 Å². The normalized spacial score (nSPS) is 18.3. The Morgan fingerprint density at radius 3 is 1.18 bits per heavy atom. The minimum atomic E-state index is -0.851. The second-order valence-electron chi connectivity index (χ2n) is 14.6. The number of nitrogens with one attached hydrogen (secondary N) is 1. The maximum atomic E-state index is 12.8. The molecule has 0 bridgehead atoms. The van der Waals surface area contributed by atoms with Gasteiger partial charge in [-0.3, -0.25) is 38.8 Å².